The molecule has 0 bridgehead atoms. The second-order valence-electron chi connectivity index (χ2n) is 7.35. The minimum Gasteiger partial charge on any atom is -0.465 e. The van der Waals surface area contributed by atoms with Crippen LogP contribution >= 0.6 is 11.6 Å². The summed E-state index contributed by atoms with van der Waals surface area (Å²) in [5, 5.41) is 0.866. The van der Waals surface area contributed by atoms with Crippen LogP contribution in [0.4, 0.5) is 0 Å². The number of esters is 2. The summed E-state index contributed by atoms with van der Waals surface area (Å²) in [7, 11) is 2.59. The van der Waals surface area contributed by atoms with Gasteiger partial charge in [0.15, 0.2) is 5.43 Å². The molecule has 4 rings (SSSR count). The third-order valence-electron chi connectivity index (χ3n) is 5.38. The number of para-hydroxylation sites is 1. The topological polar surface area (TPSA) is 74.6 Å². The molecular weight excluding hydrogens is 442 g/mol. The second kappa shape index (κ2) is 9.30. The molecule has 1 heterocycles. The van der Waals surface area contributed by atoms with Crippen molar-refractivity contribution in [1.82, 2.24) is 4.57 Å². The van der Waals surface area contributed by atoms with Gasteiger partial charge in [-0.25, -0.2) is 9.59 Å². The first-order valence-electron chi connectivity index (χ1n) is 10.1. The van der Waals surface area contributed by atoms with Crippen molar-refractivity contribution in [2.24, 2.45) is 0 Å². The second-order valence-corrected chi connectivity index (χ2v) is 7.78. The lowest BCUT2D eigenvalue weighted by Gasteiger charge is -2.19. The van der Waals surface area contributed by atoms with Crippen LogP contribution in [0.3, 0.4) is 0 Å². The maximum absolute atomic E-state index is 13.6. The van der Waals surface area contributed by atoms with Crippen molar-refractivity contribution in [1.29, 1.82) is 0 Å². The van der Waals surface area contributed by atoms with Gasteiger partial charge in [-0.05, 0) is 48.0 Å². The van der Waals surface area contributed by atoms with E-state index in [2.05, 4.69) is 0 Å². The number of carbonyl (C=O) groups excluding carboxylic acids is 2. The lowest BCUT2D eigenvalue weighted by Crippen LogP contribution is -2.24. The Kier molecular flexibility index (Phi) is 6.29. The molecule has 0 radical (unpaired) electrons. The van der Waals surface area contributed by atoms with E-state index in [1.165, 1.54) is 14.2 Å². The Labute approximate surface area is 194 Å². The molecule has 166 valence electrons. The van der Waals surface area contributed by atoms with Gasteiger partial charge in [0, 0.05) is 28.1 Å². The fraction of sp³-hybridized carbons (Fsp3) is 0.115. The molecule has 33 heavy (non-hydrogen) atoms. The van der Waals surface area contributed by atoms with Gasteiger partial charge >= 0.3 is 11.9 Å². The van der Waals surface area contributed by atoms with Gasteiger partial charge in [0.2, 0.25) is 0 Å². The Morgan fingerprint density at radius 2 is 1.55 bits per heavy atom. The first kappa shape index (κ1) is 22.3. The zero-order valence-corrected chi connectivity index (χ0v) is 18.8. The predicted molar refractivity (Wildman–Crippen MR) is 126 cm³/mol. The SMILES string of the molecule is COC(=O)c1ccc(Cc2c(C(=O)OC)n(-c3ccccc3)c3cc(Cl)ccc3c2=O)cc1. The maximum Gasteiger partial charge on any atom is 0.355 e. The molecule has 0 atom stereocenters. The van der Waals surface area contributed by atoms with E-state index < -0.39 is 11.9 Å². The number of methoxy groups -OCH3 is 2. The number of nitrogens with zero attached hydrogens (tertiary/aromatic N) is 1. The maximum atomic E-state index is 13.6. The average molecular weight is 462 g/mol. The molecule has 0 amide bonds. The van der Waals surface area contributed by atoms with E-state index in [4.69, 9.17) is 21.1 Å². The molecule has 0 spiro atoms. The van der Waals surface area contributed by atoms with Crippen LogP contribution < -0.4 is 5.43 Å². The summed E-state index contributed by atoms with van der Waals surface area (Å²) >= 11 is 6.25. The van der Waals surface area contributed by atoms with Crippen LogP contribution in [0.1, 0.15) is 32.0 Å². The van der Waals surface area contributed by atoms with Gasteiger partial charge in [0.1, 0.15) is 5.69 Å². The number of benzene rings is 3. The van der Waals surface area contributed by atoms with Crippen LogP contribution in [0.15, 0.2) is 77.6 Å². The van der Waals surface area contributed by atoms with Crippen molar-refractivity contribution in [3.05, 3.63) is 110 Å². The minimum absolute atomic E-state index is 0.125. The van der Waals surface area contributed by atoms with Crippen molar-refractivity contribution in [2.45, 2.75) is 6.42 Å². The fourth-order valence-corrected chi connectivity index (χ4v) is 3.97. The number of ether oxygens (including phenoxy) is 2. The Bertz CT molecular complexity index is 1410. The highest BCUT2D eigenvalue weighted by Crippen LogP contribution is 2.26. The molecule has 6 nitrogen and oxygen atoms in total. The first-order chi connectivity index (χ1) is 15.9. The summed E-state index contributed by atoms with van der Waals surface area (Å²) in [5.74, 6) is -1.09. The number of carbonyl (C=O) groups is 2. The molecule has 0 N–H and O–H groups in total. The lowest BCUT2D eigenvalue weighted by atomic mass is 9.98. The van der Waals surface area contributed by atoms with Crippen molar-refractivity contribution < 1.29 is 19.1 Å². The molecule has 3 aromatic carbocycles. The molecular formula is C26H20ClNO5. The van der Waals surface area contributed by atoms with Crippen LogP contribution in [-0.4, -0.2) is 30.7 Å². The monoisotopic (exact) mass is 461 g/mol. The molecule has 0 unspecified atom stereocenters. The number of halogens is 1. The number of fused-ring (bicyclic) bond motifs is 1. The summed E-state index contributed by atoms with van der Waals surface area (Å²) in [6, 6.07) is 20.9. The van der Waals surface area contributed by atoms with E-state index in [1.54, 1.807) is 47.0 Å². The molecule has 1 aromatic heterocycles. The van der Waals surface area contributed by atoms with Crippen LogP contribution in [0, 0.1) is 0 Å². The number of hydrogen-bond donors (Lipinski definition) is 0. The molecule has 0 aliphatic heterocycles. The quantitative estimate of drug-likeness (QED) is 0.399. The first-order valence-corrected chi connectivity index (χ1v) is 10.5. The van der Waals surface area contributed by atoms with Gasteiger partial charge in [-0.1, -0.05) is 41.9 Å². The molecule has 0 saturated heterocycles. The van der Waals surface area contributed by atoms with Crippen molar-refractivity contribution in [2.75, 3.05) is 14.2 Å². The van der Waals surface area contributed by atoms with Crippen LogP contribution in [0.2, 0.25) is 5.02 Å². The Morgan fingerprint density at radius 1 is 0.879 bits per heavy atom. The normalized spacial score (nSPS) is 10.8. The predicted octanol–water partition coefficient (Wildman–Crippen LogP) is 4.81. The van der Waals surface area contributed by atoms with Crippen molar-refractivity contribution >= 4 is 34.4 Å². The summed E-state index contributed by atoms with van der Waals surface area (Å²) in [6.45, 7) is 0. The molecule has 4 aromatic rings. The van der Waals surface area contributed by atoms with Gasteiger partial charge in [-0.3, -0.25) is 4.79 Å². The fourth-order valence-electron chi connectivity index (χ4n) is 3.81. The van der Waals surface area contributed by atoms with Crippen molar-refractivity contribution in [3.8, 4) is 5.69 Å². The number of pyridine rings is 1. The molecule has 7 heteroatoms. The van der Waals surface area contributed by atoms with E-state index in [-0.39, 0.29) is 23.1 Å². The average Bonchev–Trinajstić information content (AvgIpc) is 2.85. The smallest absolute Gasteiger partial charge is 0.355 e. The molecule has 0 aliphatic rings. The van der Waals surface area contributed by atoms with E-state index >= 15 is 0 Å². The molecule has 0 saturated carbocycles. The van der Waals surface area contributed by atoms with Gasteiger partial charge in [-0.2, -0.15) is 0 Å². The van der Waals surface area contributed by atoms with Gasteiger partial charge < -0.3 is 14.0 Å². The highest BCUT2D eigenvalue weighted by Gasteiger charge is 2.24. The Hall–Kier alpha value is -3.90. The number of hydrogen-bond acceptors (Lipinski definition) is 5. The van der Waals surface area contributed by atoms with E-state index in [0.29, 0.717) is 27.2 Å². The minimum atomic E-state index is -0.640. The van der Waals surface area contributed by atoms with E-state index in [9.17, 15) is 14.4 Å². The van der Waals surface area contributed by atoms with Crippen LogP contribution in [-0.2, 0) is 15.9 Å². The van der Waals surface area contributed by atoms with E-state index in [0.717, 1.165) is 5.56 Å². The van der Waals surface area contributed by atoms with Crippen LogP contribution in [0.25, 0.3) is 16.6 Å². The third kappa shape index (κ3) is 4.25. The summed E-state index contributed by atoms with van der Waals surface area (Å²) < 4.78 is 11.5. The summed E-state index contributed by atoms with van der Waals surface area (Å²) in [6.07, 6.45) is 0.163. The summed E-state index contributed by atoms with van der Waals surface area (Å²) in [4.78, 5) is 38.3. The lowest BCUT2D eigenvalue weighted by molar-refractivity contribution is 0.0585. The zero-order chi connectivity index (χ0) is 23.5. The Morgan fingerprint density at radius 3 is 2.18 bits per heavy atom. The highest BCUT2D eigenvalue weighted by atomic mass is 35.5. The molecule has 0 aliphatic carbocycles. The number of aromatic nitrogens is 1. The van der Waals surface area contributed by atoms with Gasteiger partial charge in [0.05, 0.1) is 25.3 Å². The van der Waals surface area contributed by atoms with E-state index in [1.807, 2.05) is 30.3 Å². The third-order valence-corrected chi connectivity index (χ3v) is 5.61. The van der Waals surface area contributed by atoms with Crippen LogP contribution in [0.5, 0.6) is 0 Å². The van der Waals surface area contributed by atoms with Crippen molar-refractivity contribution in [3.63, 3.8) is 0 Å². The molecule has 0 fully saturated rings. The highest BCUT2D eigenvalue weighted by molar-refractivity contribution is 6.31. The zero-order valence-electron chi connectivity index (χ0n) is 18.0. The van der Waals surface area contributed by atoms with Gasteiger partial charge in [-0.15, -0.1) is 0 Å². The van der Waals surface area contributed by atoms with Gasteiger partial charge in [0.25, 0.3) is 0 Å². The largest absolute Gasteiger partial charge is 0.465 e. The number of rotatable bonds is 5. The standard InChI is InChI=1S/C26H20ClNO5/c1-32-25(30)17-10-8-16(9-11-17)14-21-23(26(31)33-2)28(19-6-4-3-5-7-19)22-15-18(27)12-13-20(22)24(21)29/h3-13,15H,14H2,1-2H3. The Balaban J connectivity index is 2.00. The summed E-state index contributed by atoms with van der Waals surface area (Å²) in [5.41, 5.74) is 2.46.